The number of hydrogen-bond acceptors (Lipinski definition) is 7. The first kappa shape index (κ1) is 46.3. The highest BCUT2D eigenvalue weighted by atomic mass is 28.3. The van der Waals surface area contributed by atoms with Gasteiger partial charge >= 0.3 is 5.97 Å². The van der Waals surface area contributed by atoms with Gasteiger partial charge in [0.25, 0.3) is 5.91 Å². The summed E-state index contributed by atoms with van der Waals surface area (Å²) < 4.78 is 5.78. The Morgan fingerprint density at radius 2 is 1.19 bits per heavy atom. The SMILES string of the molecule is CCCCCCCCCCCCCCCCCCCCCC(=O)OCC1(NCCCC[Si](c2ccccc2)(c2ccccc2)C(C)(C)C)N=C2N=CN=C2C(=O)N1. The van der Waals surface area contributed by atoms with E-state index in [0.717, 1.165) is 38.1 Å². The molecule has 314 valence electrons. The number of esters is 1. The molecule has 0 fully saturated rings. The normalized spacial score (nSPS) is 16.6. The molecule has 0 bridgehead atoms. The van der Waals surface area contributed by atoms with E-state index in [-0.39, 0.29) is 35.1 Å². The van der Waals surface area contributed by atoms with Crippen LogP contribution in [-0.4, -0.2) is 56.8 Å². The van der Waals surface area contributed by atoms with Gasteiger partial charge in [-0.25, -0.2) is 15.0 Å². The van der Waals surface area contributed by atoms with Gasteiger partial charge in [-0.2, -0.15) is 0 Å². The summed E-state index contributed by atoms with van der Waals surface area (Å²) in [5.74, 6) is -1.65. The Bertz CT molecular complexity index is 1520. The number of ether oxygens (including phenoxy) is 1. The van der Waals surface area contributed by atoms with Gasteiger partial charge in [0.2, 0.25) is 5.79 Å². The van der Waals surface area contributed by atoms with Crippen LogP contribution in [-0.2, 0) is 14.3 Å². The fourth-order valence-electron chi connectivity index (χ4n) is 8.72. The Hall–Kier alpha value is -3.43. The highest BCUT2D eigenvalue weighted by Crippen LogP contribution is 2.39. The van der Waals surface area contributed by atoms with Crippen molar-refractivity contribution in [1.29, 1.82) is 0 Å². The molecule has 0 saturated heterocycles. The van der Waals surface area contributed by atoms with Gasteiger partial charge in [0.1, 0.15) is 21.0 Å². The third-order valence-electron chi connectivity index (χ3n) is 12.0. The van der Waals surface area contributed by atoms with E-state index in [1.165, 1.54) is 119 Å². The molecule has 9 heteroatoms. The Morgan fingerprint density at radius 1 is 0.702 bits per heavy atom. The molecule has 8 nitrogen and oxygen atoms in total. The summed E-state index contributed by atoms with van der Waals surface area (Å²) in [5.41, 5.74) is 0.194. The molecule has 0 spiro atoms. The Kier molecular flexibility index (Phi) is 20.4. The van der Waals surface area contributed by atoms with Gasteiger partial charge in [-0.3, -0.25) is 14.9 Å². The molecule has 1 amide bonds. The summed E-state index contributed by atoms with van der Waals surface area (Å²) in [7, 11) is -2.19. The molecule has 1 unspecified atom stereocenters. The Labute approximate surface area is 346 Å². The molecule has 2 aliphatic heterocycles. The number of nitrogens with one attached hydrogen (secondary N) is 2. The zero-order valence-corrected chi connectivity index (χ0v) is 37.1. The second-order valence-electron chi connectivity index (χ2n) is 17.5. The molecule has 2 aliphatic rings. The quantitative estimate of drug-likeness (QED) is 0.0467. The van der Waals surface area contributed by atoms with Gasteiger partial charge in [-0.05, 0) is 30.5 Å². The Morgan fingerprint density at radius 3 is 1.68 bits per heavy atom. The van der Waals surface area contributed by atoms with Gasteiger partial charge in [0.05, 0.1) is 0 Å². The van der Waals surface area contributed by atoms with Crippen LogP contribution in [0.3, 0.4) is 0 Å². The van der Waals surface area contributed by atoms with E-state index in [9.17, 15) is 9.59 Å². The van der Waals surface area contributed by atoms with Crippen LogP contribution >= 0.6 is 0 Å². The van der Waals surface area contributed by atoms with E-state index >= 15 is 0 Å². The second-order valence-corrected chi connectivity index (χ2v) is 22.5. The predicted molar refractivity (Wildman–Crippen MR) is 243 cm³/mol. The van der Waals surface area contributed by atoms with Gasteiger partial charge < -0.3 is 10.1 Å². The zero-order chi connectivity index (χ0) is 40.7. The number of aliphatic imine (C=N–C) groups is 3. The average molecular weight is 798 g/mol. The Balaban J connectivity index is 1.15. The average Bonchev–Trinajstić information content (AvgIpc) is 3.69. The van der Waals surface area contributed by atoms with Crippen molar-refractivity contribution >= 4 is 48.2 Å². The highest BCUT2D eigenvalue weighted by Gasteiger charge is 2.47. The van der Waals surface area contributed by atoms with Crippen LogP contribution in [0, 0.1) is 0 Å². The van der Waals surface area contributed by atoms with E-state index in [1.807, 2.05) is 0 Å². The summed E-state index contributed by atoms with van der Waals surface area (Å²) in [6.45, 7) is 9.93. The van der Waals surface area contributed by atoms with E-state index in [4.69, 9.17) is 9.73 Å². The van der Waals surface area contributed by atoms with Gasteiger partial charge in [0.15, 0.2) is 11.5 Å². The van der Waals surface area contributed by atoms with E-state index in [1.54, 1.807) is 0 Å². The molecule has 4 rings (SSSR count). The number of hydrogen-bond donors (Lipinski definition) is 2. The smallest absolute Gasteiger partial charge is 0.305 e. The van der Waals surface area contributed by atoms with Crippen molar-refractivity contribution in [2.24, 2.45) is 15.0 Å². The second kappa shape index (κ2) is 25.1. The molecule has 0 aliphatic carbocycles. The molecule has 0 radical (unpaired) electrons. The molecule has 1 atom stereocenters. The number of nitrogens with zero attached hydrogens (tertiary/aromatic N) is 3. The lowest BCUT2D eigenvalue weighted by atomic mass is 10.0. The number of rotatable bonds is 30. The number of carbonyl (C=O) groups excluding carboxylic acids is 2. The largest absolute Gasteiger partial charge is 0.460 e. The maximum absolute atomic E-state index is 13.1. The van der Waals surface area contributed by atoms with Crippen LogP contribution in [0.2, 0.25) is 11.1 Å². The lowest BCUT2D eigenvalue weighted by Gasteiger charge is -2.44. The van der Waals surface area contributed by atoms with Crippen molar-refractivity contribution in [3.8, 4) is 0 Å². The minimum Gasteiger partial charge on any atom is -0.460 e. The lowest BCUT2D eigenvalue weighted by molar-refractivity contribution is -0.147. The molecule has 2 aromatic rings. The molecule has 0 aromatic heterocycles. The molecule has 0 saturated carbocycles. The van der Waals surface area contributed by atoms with Crippen molar-refractivity contribution in [3.63, 3.8) is 0 Å². The standard InChI is InChI=1S/C48H75N5O3Si/c1-5-6-7-8-9-10-11-12-13-14-15-16-17-18-19-20-21-22-29-36-43(54)56-39-48(52-45-44(46(55)53-48)49-40-50-45)51-37-30-31-38-57(47(2,3)4,41-32-25-23-26-33-41)42-34-27-24-28-35-42/h23-28,32-35,40,51H,5-22,29-31,36-39H2,1-4H3,(H,53,55). The van der Waals surface area contributed by atoms with Crippen LogP contribution in [0.4, 0.5) is 0 Å². The number of benzene rings is 2. The predicted octanol–water partition coefficient (Wildman–Crippen LogP) is 10.4. The third-order valence-corrected chi connectivity index (χ3v) is 18.3. The summed E-state index contributed by atoms with van der Waals surface area (Å²) in [5, 5.41) is 9.39. The van der Waals surface area contributed by atoms with Crippen molar-refractivity contribution in [3.05, 3.63) is 60.7 Å². The monoisotopic (exact) mass is 798 g/mol. The van der Waals surface area contributed by atoms with E-state index < -0.39 is 13.9 Å². The van der Waals surface area contributed by atoms with Crippen LogP contribution in [0.15, 0.2) is 75.6 Å². The third kappa shape index (κ3) is 15.0. The first-order valence-corrected chi connectivity index (χ1v) is 25.0. The van der Waals surface area contributed by atoms with Crippen LogP contribution < -0.4 is 21.0 Å². The van der Waals surface area contributed by atoms with Gasteiger partial charge in [-0.1, -0.05) is 221 Å². The topological polar surface area (TPSA) is 105 Å². The van der Waals surface area contributed by atoms with Crippen molar-refractivity contribution in [2.75, 3.05) is 13.2 Å². The minimum atomic E-state index is -2.19. The fourth-order valence-corrected chi connectivity index (χ4v) is 14.4. The van der Waals surface area contributed by atoms with Crippen molar-refractivity contribution in [2.45, 2.75) is 186 Å². The van der Waals surface area contributed by atoms with Gasteiger partial charge in [0, 0.05) is 6.42 Å². The summed E-state index contributed by atoms with van der Waals surface area (Å²) in [6.07, 6.45) is 28.6. The van der Waals surface area contributed by atoms with Crippen molar-refractivity contribution < 1.29 is 14.3 Å². The highest BCUT2D eigenvalue weighted by molar-refractivity contribution is 7.04. The maximum atomic E-state index is 13.1. The summed E-state index contributed by atoms with van der Waals surface area (Å²) in [6, 6.07) is 23.1. The van der Waals surface area contributed by atoms with E-state index in [2.05, 4.69) is 109 Å². The minimum absolute atomic E-state index is 0.0871. The van der Waals surface area contributed by atoms with Crippen LogP contribution in [0.1, 0.15) is 169 Å². The van der Waals surface area contributed by atoms with E-state index in [0.29, 0.717) is 13.0 Å². The van der Waals surface area contributed by atoms with Gasteiger partial charge in [-0.15, -0.1) is 0 Å². The van der Waals surface area contributed by atoms with Crippen LogP contribution in [0.25, 0.3) is 0 Å². The molecule has 57 heavy (non-hydrogen) atoms. The number of carbonyl (C=O) groups is 2. The van der Waals surface area contributed by atoms with Crippen LogP contribution in [0.5, 0.6) is 0 Å². The number of fused-ring (bicyclic) bond motifs is 1. The van der Waals surface area contributed by atoms with Crippen molar-refractivity contribution in [1.82, 2.24) is 10.6 Å². The molecular weight excluding hydrogens is 723 g/mol. The molecule has 2 N–H and O–H groups in total. The molecule has 2 heterocycles. The number of unbranched alkanes of at least 4 members (excludes halogenated alkanes) is 19. The fraction of sp³-hybridized carbons (Fsp3) is 0.646. The molecule has 2 aromatic carbocycles. The summed E-state index contributed by atoms with van der Waals surface area (Å²) >= 11 is 0. The number of amidine groups is 1. The maximum Gasteiger partial charge on any atom is 0.305 e. The lowest BCUT2D eigenvalue weighted by Crippen LogP contribution is -2.65. The molecular formula is C48H75N5O3Si. The summed E-state index contributed by atoms with van der Waals surface area (Å²) in [4.78, 5) is 39.0. The first-order valence-electron chi connectivity index (χ1n) is 22.8. The number of amides is 1. The first-order chi connectivity index (χ1) is 27.7. The zero-order valence-electron chi connectivity index (χ0n) is 36.1.